The van der Waals surface area contributed by atoms with Crippen molar-refractivity contribution in [2.45, 2.75) is 25.7 Å². The minimum absolute atomic E-state index is 0.0160. The highest BCUT2D eigenvalue weighted by molar-refractivity contribution is 5.58. The van der Waals surface area contributed by atoms with E-state index in [9.17, 15) is 4.39 Å². The van der Waals surface area contributed by atoms with Crippen LogP contribution in [-0.4, -0.2) is 25.0 Å². The van der Waals surface area contributed by atoms with Crippen LogP contribution in [0.2, 0.25) is 0 Å². The van der Waals surface area contributed by atoms with Crippen molar-refractivity contribution in [2.75, 3.05) is 18.5 Å². The van der Waals surface area contributed by atoms with Gasteiger partial charge in [0.1, 0.15) is 17.4 Å². The fraction of sp³-hybridized carbons (Fsp3) is 0.462. The smallest absolute Gasteiger partial charge is 0.162 e. The first-order valence-corrected chi connectivity index (χ1v) is 5.75. The number of nitrogens with zero attached hydrogens (tertiary/aromatic N) is 1. The van der Waals surface area contributed by atoms with Gasteiger partial charge in [0.05, 0.1) is 24.9 Å². The maximum absolute atomic E-state index is 13.4. The summed E-state index contributed by atoms with van der Waals surface area (Å²) in [5.74, 6) is -1.11. The van der Waals surface area contributed by atoms with Gasteiger partial charge in [0, 0.05) is 0 Å². The second-order valence-electron chi connectivity index (χ2n) is 4.64. The van der Waals surface area contributed by atoms with Gasteiger partial charge in [-0.25, -0.2) is 4.39 Å². The molecule has 2 rings (SSSR count). The summed E-state index contributed by atoms with van der Waals surface area (Å²) in [6, 6.07) is 6.25. The molecule has 0 radical (unpaired) electrons. The maximum atomic E-state index is 13.4. The highest BCUT2D eigenvalue weighted by atomic mass is 19.1. The van der Waals surface area contributed by atoms with Gasteiger partial charge in [0.2, 0.25) is 0 Å². The fourth-order valence-electron chi connectivity index (χ4n) is 1.75. The SMILES string of the molecule is CC1(C)OCC(Nc2cccc(F)c2C#N)CO1. The molecule has 1 saturated heterocycles. The number of hydrogen-bond acceptors (Lipinski definition) is 4. The van der Waals surface area contributed by atoms with Crippen molar-refractivity contribution in [3.05, 3.63) is 29.6 Å². The first-order valence-electron chi connectivity index (χ1n) is 5.75. The summed E-state index contributed by atoms with van der Waals surface area (Å²) in [6.45, 7) is 4.58. The average Bonchev–Trinajstić information content (AvgIpc) is 2.32. The van der Waals surface area contributed by atoms with E-state index in [-0.39, 0.29) is 11.6 Å². The number of ether oxygens (including phenoxy) is 2. The van der Waals surface area contributed by atoms with Gasteiger partial charge in [-0.1, -0.05) is 6.07 Å². The van der Waals surface area contributed by atoms with E-state index < -0.39 is 11.6 Å². The lowest BCUT2D eigenvalue weighted by atomic mass is 10.1. The Labute approximate surface area is 105 Å². The van der Waals surface area contributed by atoms with Gasteiger partial charge < -0.3 is 14.8 Å². The molecule has 0 aliphatic carbocycles. The molecule has 0 aromatic heterocycles. The van der Waals surface area contributed by atoms with E-state index in [4.69, 9.17) is 14.7 Å². The molecule has 4 nitrogen and oxygen atoms in total. The number of nitrogens with one attached hydrogen (secondary N) is 1. The average molecular weight is 250 g/mol. The van der Waals surface area contributed by atoms with Gasteiger partial charge in [0.25, 0.3) is 0 Å². The third-order valence-corrected chi connectivity index (χ3v) is 2.75. The van der Waals surface area contributed by atoms with Crippen LogP contribution in [0.4, 0.5) is 10.1 Å². The second-order valence-corrected chi connectivity index (χ2v) is 4.64. The quantitative estimate of drug-likeness (QED) is 0.874. The van der Waals surface area contributed by atoms with Crippen LogP contribution in [0.15, 0.2) is 18.2 Å². The minimum atomic E-state index is -0.585. The predicted octanol–water partition coefficient (Wildman–Crippen LogP) is 2.26. The zero-order valence-electron chi connectivity index (χ0n) is 10.4. The second kappa shape index (κ2) is 4.92. The lowest BCUT2D eigenvalue weighted by molar-refractivity contribution is -0.247. The van der Waals surface area contributed by atoms with Gasteiger partial charge in [0.15, 0.2) is 5.79 Å². The molecule has 96 valence electrons. The molecule has 1 heterocycles. The van der Waals surface area contributed by atoms with Crippen molar-refractivity contribution < 1.29 is 13.9 Å². The van der Waals surface area contributed by atoms with E-state index in [0.29, 0.717) is 18.9 Å². The Hall–Kier alpha value is -1.64. The molecule has 18 heavy (non-hydrogen) atoms. The van der Waals surface area contributed by atoms with Crippen LogP contribution in [0.25, 0.3) is 0 Å². The molecular formula is C13H15FN2O2. The summed E-state index contributed by atoms with van der Waals surface area (Å²) in [5, 5.41) is 12.0. The Morgan fingerprint density at radius 2 is 2.06 bits per heavy atom. The normalized spacial score (nSPS) is 19.2. The Kier molecular flexibility index (Phi) is 3.50. The van der Waals surface area contributed by atoms with Crippen LogP contribution >= 0.6 is 0 Å². The standard InChI is InChI=1S/C13H15FN2O2/c1-13(2)17-7-9(8-18-13)16-12-5-3-4-11(14)10(12)6-15/h3-5,9,16H,7-8H2,1-2H3. The fourth-order valence-corrected chi connectivity index (χ4v) is 1.75. The molecule has 0 saturated carbocycles. The van der Waals surface area contributed by atoms with Crippen LogP contribution in [0.3, 0.4) is 0 Å². The van der Waals surface area contributed by atoms with E-state index in [1.807, 2.05) is 19.9 Å². The monoisotopic (exact) mass is 250 g/mol. The van der Waals surface area contributed by atoms with Crippen molar-refractivity contribution in [3.63, 3.8) is 0 Å². The summed E-state index contributed by atoms with van der Waals surface area (Å²) in [5.41, 5.74) is 0.483. The molecule has 0 spiro atoms. The Balaban J connectivity index is 2.07. The molecule has 0 unspecified atom stereocenters. The van der Waals surface area contributed by atoms with Gasteiger partial charge in [-0.2, -0.15) is 5.26 Å². The zero-order valence-corrected chi connectivity index (χ0v) is 10.4. The van der Waals surface area contributed by atoms with Crippen LogP contribution in [0.5, 0.6) is 0 Å². The molecule has 1 N–H and O–H groups in total. The zero-order chi connectivity index (χ0) is 13.2. The van der Waals surface area contributed by atoms with Gasteiger partial charge in [-0.3, -0.25) is 0 Å². The molecule has 1 aliphatic heterocycles. The number of halogens is 1. The molecule has 0 atom stereocenters. The van der Waals surface area contributed by atoms with Crippen LogP contribution in [0, 0.1) is 17.1 Å². The first-order chi connectivity index (χ1) is 8.52. The maximum Gasteiger partial charge on any atom is 0.162 e. The van der Waals surface area contributed by atoms with Crippen molar-refractivity contribution in [1.29, 1.82) is 5.26 Å². The predicted molar refractivity (Wildman–Crippen MR) is 64.5 cm³/mol. The Morgan fingerprint density at radius 1 is 1.39 bits per heavy atom. The molecule has 1 aromatic rings. The van der Waals surface area contributed by atoms with Gasteiger partial charge >= 0.3 is 0 Å². The van der Waals surface area contributed by atoms with E-state index in [1.165, 1.54) is 6.07 Å². The van der Waals surface area contributed by atoms with Crippen LogP contribution < -0.4 is 5.32 Å². The number of benzene rings is 1. The largest absolute Gasteiger partial charge is 0.376 e. The van der Waals surface area contributed by atoms with Crippen LogP contribution in [-0.2, 0) is 9.47 Å². The lowest BCUT2D eigenvalue weighted by Gasteiger charge is -2.35. The third kappa shape index (κ3) is 2.78. The summed E-state index contributed by atoms with van der Waals surface area (Å²) in [7, 11) is 0. The summed E-state index contributed by atoms with van der Waals surface area (Å²) < 4.78 is 24.4. The highest BCUT2D eigenvalue weighted by Crippen LogP contribution is 2.22. The van der Waals surface area contributed by atoms with Crippen molar-refractivity contribution in [2.24, 2.45) is 0 Å². The molecular weight excluding hydrogens is 235 g/mol. The molecule has 1 aliphatic rings. The van der Waals surface area contributed by atoms with Gasteiger partial charge in [-0.15, -0.1) is 0 Å². The van der Waals surface area contributed by atoms with Crippen molar-refractivity contribution in [1.82, 2.24) is 0 Å². The van der Waals surface area contributed by atoms with Gasteiger partial charge in [-0.05, 0) is 26.0 Å². The lowest BCUT2D eigenvalue weighted by Crippen LogP contribution is -2.45. The summed E-state index contributed by atoms with van der Waals surface area (Å²) in [4.78, 5) is 0. The van der Waals surface area contributed by atoms with E-state index in [0.717, 1.165) is 0 Å². The summed E-state index contributed by atoms with van der Waals surface area (Å²) in [6.07, 6.45) is 0. The van der Waals surface area contributed by atoms with Crippen molar-refractivity contribution in [3.8, 4) is 6.07 Å². The number of rotatable bonds is 2. The van der Waals surface area contributed by atoms with Crippen LogP contribution in [0.1, 0.15) is 19.4 Å². The Morgan fingerprint density at radius 3 is 2.67 bits per heavy atom. The number of anilines is 1. The summed E-state index contributed by atoms with van der Waals surface area (Å²) >= 11 is 0. The minimum Gasteiger partial charge on any atom is -0.376 e. The Bertz CT molecular complexity index is 472. The van der Waals surface area contributed by atoms with E-state index >= 15 is 0 Å². The van der Waals surface area contributed by atoms with E-state index in [1.54, 1.807) is 12.1 Å². The molecule has 1 fully saturated rings. The van der Waals surface area contributed by atoms with Crippen molar-refractivity contribution >= 4 is 5.69 Å². The first kappa shape index (κ1) is 12.8. The number of nitriles is 1. The highest BCUT2D eigenvalue weighted by Gasteiger charge is 2.28. The third-order valence-electron chi connectivity index (χ3n) is 2.75. The molecule has 0 amide bonds. The van der Waals surface area contributed by atoms with E-state index in [2.05, 4.69) is 5.32 Å². The molecule has 1 aromatic carbocycles. The number of hydrogen-bond donors (Lipinski definition) is 1. The molecule has 5 heteroatoms. The molecule has 0 bridgehead atoms. The topological polar surface area (TPSA) is 54.3 Å².